The lowest BCUT2D eigenvalue weighted by molar-refractivity contribution is 0.958. The maximum atomic E-state index is 8.81. The van der Waals surface area contributed by atoms with E-state index in [4.69, 9.17) is 5.26 Å². The molecule has 3 nitrogen and oxygen atoms in total. The summed E-state index contributed by atoms with van der Waals surface area (Å²) in [5.74, 6) is 0. The van der Waals surface area contributed by atoms with Crippen molar-refractivity contribution >= 4 is 16.9 Å². The summed E-state index contributed by atoms with van der Waals surface area (Å²) in [6.45, 7) is 6.36. The van der Waals surface area contributed by atoms with Gasteiger partial charge in [0, 0.05) is 16.9 Å². The van der Waals surface area contributed by atoms with Crippen LogP contribution in [0.2, 0.25) is 0 Å². The van der Waals surface area contributed by atoms with Crippen LogP contribution in [-0.2, 0) is 6.42 Å². The average molecular weight is 305 g/mol. The number of nitrogens with zero attached hydrogens (tertiary/aromatic N) is 2. The number of aromatic nitrogens is 1. The second kappa shape index (κ2) is 8.14. The quantitative estimate of drug-likeness (QED) is 0.777. The number of hydrogen-bond acceptors (Lipinski definition) is 3. The van der Waals surface area contributed by atoms with E-state index in [2.05, 4.69) is 42.4 Å². The molecule has 2 aromatic rings. The third-order valence-electron chi connectivity index (χ3n) is 3.75. The average Bonchev–Trinajstić information content (AvgIpc) is 2.55. The second-order valence-electron chi connectivity index (χ2n) is 5.69. The summed E-state index contributed by atoms with van der Waals surface area (Å²) >= 11 is 0. The van der Waals surface area contributed by atoms with Crippen molar-refractivity contribution in [2.45, 2.75) is 40.0 Å². The highest BCUT2D eigenvalue weighted by atomic mass is 14.9. The molecule has 0 fully saturated rings. The Labute approximate surface area is 138 Å². The Morgan fingerprint density at radius 3 is 2.87 bits per heavy atom. The molecule has 0 spiro atoms. The third-order valence-corrected chi connectivity index (χ3v) is 3.75. The van der Waals surface area contributed by atoms with Gasteiger partial charge in [-0.15, -0.1) is 0 Å². The van der Waals surface area contributed by atoms with Gasteiger partial charge in [-0.3, -0.25) is 4.98 Å². The minimum Gasteiger partial charge on any atom is -0.354 e. The molecule has 1 aromatic heterocycles. The Hall–Kier alpha value is -2.60. The molecule has 0 saturated heterocycles. The summed E-state index contributed by atoms with van der Waals surface area (Å²) < 4.78 is 0. The van der Waals surface area contributed by atoms with E-state index in [0.29, 0.717) is 6.42 Å². The van der Waals surface area contributed by atoms with Gasteiger partial charge in [-0.05, 0) is 49.6 Å². The summed E-state index contributed by atoms with van der Waals surface area (Å²) in [7, 11) is 0. The Morgan fingerprint density at radius 2 is 2.13 bits per heavy atom. The minimum absolute atomic E-state index is 0.422. The van der Waals surface area contributed by atoms with Crippen LogP contribution in [0.5, 0.6) is 0 Å². The number of nitrogens with one attached hydrogen (secondary N) is 1. The maximum absolute atomic E-state index is 8.81. The third kappa shape index (κ3) is 4.69. The molecule has 3 heteroatoms. The number of anilines is 2. The van der Waals surface area contributed by atoms with E-state index in [9.17, 15) is 0 Å². The first-order valence-electron chi connectivity index (χ1n) is 8.00. The van der Waals surface area contributed by atoms with Gasteiger partial charge in [0.1, 0.15) is 0 Å². The second-order valence-corrected chi connectivity index (χ2v) is 5.69. The monoisotopic (exact) mass is 305 g/mol. The molecule has 1 heterocycles. The van der Waals surface area contributed by atoms with Gasteiger partial charge in [0.05, 0.1) is 24.4 Å². The Kier molecular flexibility index (Phi) is 5.94. The van der Waals surface area contributed by atoms with Gasteiger partial charge in [-0.1, -0.05) is 31.6 Å². The molecule has 1 aromatic carbocycles. The summed E-state index contributed by atoms with van der Waals surface area (Å²) in [6, 6.07) is 12.2. The molecule has 0 aliphatic rings. The van der Waals surface area contributed by atoms with Crippen LogP contribution in [0.25, 0.3) is 5.57 Å². The fraction of sp³-hybridized carbons (Fsp3) is 0.300. The number of allylic oxidation sites excluding steroid dienone is 2. The van der Waals surface area contributed by atoms with Crippen molar-refractivity contribution in [3.63, 3.8) is 0 Å². The molecule has 0 radical (unpaired) electrons. The lowest BCUT2D eigenvalue weighted by atomic mass is 10.0. The number of aryl methyl sites for hydroxylation is 1. The van der Waals surface area contributed by atoms with E-state index in [-0.39, 0.29) is 0 Å². The van der Waals surface area contributed by atoms with Crippen molar-refractivity contribution in [1.29, 1.82) is 5.26 Å². The standard InChI is InChI=1S/C20H23N3/c1-4-5-7-15(2)20-13-19(14-22-16(20)3)23-18-9-6-8-17(12-18)10-11-21/h6-9,12-14,23H,4-5,10H2,1-3H3/b15-7-. The zero-order valence-electron chi connectivity index (χ0n) is 14.1. The first kappa shape index (κ1) is 16.8. The van der Waals surface area contributed by atoms with Gasteiger partial charge in [0.2, 0.25) is 0 Å². The predicted molar refractivity (Wildman–Crippen MR) is 96.6 cm³/mol. The number of unbranched alkanes of at least 4 members (excludes halogenated alkanes) is 1. The van der Waals surface area contributed by atoms with Crippen molar-refractivity contribution in [2.75, 3.05) is 5.32 Å². The Bertz CT molecular complexity index is 739. The molecule has 0 bridgehead atoms. The van der Waals surface area contributed by atoms with Gasteiger partial charge in [0.25, 0.3) is 0 Å². The molecule has 0 unspecified atom stereocenters. The molecule has 0 aliphatic heterocycles. The fourth-order valence-corrected chi connectivity index (χ4v) is 2.49. The van der Waals surface area contributed by atoms with Crippen LogP contribution in [0.4, 0.5) is 11.4 Å². The number of hydrogen-bond donors (Lipinski definition) is 1. The van der Waals surface area contributed by atoms with Crippen LogP contribution < -0.4 is 5.32 Å². The molecule has 0 saturated carbocycles. The topological polar surface area (TPSA) is 48.7 Å². The zero-order valence-corrected chi connectivity index (χ0v) is 14.1. The summed E-state index contributed by atoms with van der Waals surface area (Å²) in [5.41, 5.74) is 6.43. The molecule has 118 valence electrons. The lowest BCUT2D eigenvalue weighted by Gasteiger charge is -2.11. The molecule has 0 atom stereocenters. The van der Waals surface area contributed by atoms with Crippen LogP contribution >= 0.6 is 0 Å². The van der Waals surface area contributed by atoms with E-state index in [1.807, 2.05) is 37.4 Å². The molecule has 0 aliphatic carbocycles. The van der Waals surface area contributed by atoms with Crippen LogP contribution in [0.1, 0.15) is 43.5 Å². The molecule has 2 rings (SSSR count). The summed E-state index contributed by atoms with van der Waals surface area (Å²) in [6.07, 6.45) is 6.77. The van der Waals surface area contributed by atoms with Crippen molar-refractivity contribution in [2.24, 2.45) is 0 Å². The molecule has 23 heavy (non-hydrogen) atoms. The van der Waals surface area contributed by atoms with Crippen molar-refractivity contribution < 1.29 is 0 Å². The highest BCUT2D eigenvalue weighted by Crippen LogP contribution is 2.24. The van der Waals surface area contributed by atoms with E-state index in [1.54, 1.807) is 0 Å². The predicted octanol–water partition coefficient (Wildman–Crippen LogP) is 5.40. The van der Waals surface area contributed by atoms with Gasteiger partial charge in [-0.2, -0.15) is 5.26 Å². The van der Waals surface area contributed by atoms with E-state index >= 15 is 0 Å². The van der Waals surface area contributed by atoms with Gasteiger partial charge in [0.15, 0.2) is 0 Å². The van der Waals surface area contributed by atoms with Gasteiger partial charge < -0.3 is 5.32 Å². The first-order valence-corrected chi connectivity index (χ1v) is 8.00. The highest BCUT2D eigenvalue weighted by Gasteiger charge is 2.05. The van der Waals surface area contributed by atoms with E-state index in [1.165, 1.54) is 11.1 Å². The minimum atomic E-state index is 0.422. The lowest BCUT2D eigenvalue weighted by Crippen LogP contribution is -1.97. The maximum Gasteiger partial charge on any atom is 0.0669 e. The molecular weight excluding hydrogens is 282 g/mol. The Morgan fingerprint density at radius 1 is 1.30 bits per heavy atom. The van der Waals surface area contributed by atoms with Crippen molar-refractivity contribution in [1.82, 2.24) is 4.98 Å². The number of rotatable bonds is 6. The number of nitriles is 1. The van der Waals surface area contributed by atoms with Gasteiger partial charge >= 0.3 is 0 Å². The number of pyridine rings is 1. The molecule has 1 N–H and O–H groups in total. The SMILES string of the molecule is CCC/C=C(/C)c1cc(Nc2cccc(CC#N)c2)cnc1C. The van der Waals surface area contributed by atoms with E-state index < -0.39 is 0 Å². The summed E-state index contributed by atoms with van der Waals surface area (Å²) in [5, 5.41) is 12.2. The zero-order chi connectivity index (χ0) is 16.7. The van der Waals surface area contributed by atoms with Crippen LogP contribution in [0.15, 0.2) is 42.6 Å². The normalized spacial score (nSPS) is 11.1. The van der Waals surface area contributed by atoms with Crippen molar-refractivity contribution in [3.05, 3.63) is 59.4 Å². The first-order chi connectivity index (χ1) is 11.1. The number of benzene rings is 1. The van der Waals surface area contributed by atoms with Gasteiger partial charge in [-0.25, -0.2) is 0 Å². The highest BCUT2D eigenvalue weighted by molar-refractivity contribution is 5.70. The molecule has 0 amide bonds. The Balaban J connectivity index is 2.24. The van der Waals surface area contributed by atoms with Crippen LogP contribution in [0, 0.1) is 18.3 Å². The summed E-state index contributed by atoms with van der Waals surface area (Å²) in [4.78, 5) is 4.51. The van der Waals surface area contributed by atoms with Crippen LogP contribution in [0.3, 0.4) is 0 Å². The molecular formula is C20H23N3. The van der Waals surface area contributed by atoms with E-state index in [0.717, 1.165) is 35.5 Å². The smallest absolute Gasteiger partial charge is 0.0669 e. The van der Waals surface area contributed by atoms with Crippen LogP contribution in [-0.4, -0.2) is 4.98 Å². The fourth-order valence-electron chi connectivity index (χ4n) is 2.49. The van der Waals surface area contributed by atoms with Crippen molar-refractivity contribution in [3.8, 4) is 6.07 Å². The largest absolute Gasteiger partial charge is 0.354 e.